The summed E-state index contributed by atoms with van der Waals surface area (Å²) in [6.45, 7) is 7.86. The Labute approximate surface area is 305 Å². The van der Waals surface area contributed by atoms with E-state index in [0.717, 1.165) is 56.9 Å². The zero-order valence-corrected chi connectivity index (χ0v) is 29.6. The topological polar surface area (TPSA) is 131 Å². The molecule has 4 aromatic rings. The highest BCUT2D eigenvalue weighted by Gasteiger charge is 2.45. The highest BCUT2D eigenvalue weighted by molar-refractivity contribution is 6.30. The van der Waals surface area contributed by atoms with Crippen molar-refractivity contribution in [3.63, 3.8) is 0 Å². The molecule has 0 bridgehead atoms. The van der Waals surface area contributed by atoms with E-state index in [0.29, 0.717) is 75.7 Å². The zero-order valence-electron chi connectivity index (χ0n) is 28.9. The van der Waals surface area contributed by atoms with Crippen LogP contribution in [-0.4, -0.2) is 124 Å². The number of carbonyl (C=O) groups excluding carboxylic acids is 2. The predicted molar refractivity (Wildman–Crippen MR) is 189 cm³/mol. The number of aryl methyl sites for hydroxylation is 1. The molecule has 0 spiro atoms. The van der Waals surface area contributed by atoms with Crippen molar-refractivity contribution in [3.05, 3.63) is 70.5 Å². The standard InChI is InChI=1S/C36H41ClFN9O5/c37-31-29(38)30-27(20-39-31)32(41-34(40-30)52-24-36(7-8-36)23-43-15-17-50-18-16-43)46-9-4-10-47-26(21-46)19-28(42-47)33(48)44-11-13-45(14-12-44)35(49)51-22-25-5-2-1-3-6-25/h1-3,5-6,19-20H,4,7-18,21-24H2. The number of ether oxygens (including phenoxy) is 3. The van der Waals surface area contributed by atoms with Crippen molar-refractivity contribution in [2.24, 2.45) is 5.41 Å². The number of morpholine rings is 1. The minimum absolute atomic E-state index is 0.0145. The van der Waals surface area contributed by atoms with Gasteiger partial charge >= 0.3 is 12.1 Å². The van der Waals surface area contributed by atoms with E-state index in [4.69, 9.17) is 30.8 Å². The molecule has 3 fully saturated rings. The van der Waals surface area contributed by atoms with Crippen LogP contribution in [0.25, 0.3) is 10.9 Å². The van der Waals surface area contributed by atoms with Crippen LogP contribution in [0.5, 0.6) is 6.01 Å². The summed E-state index contributed by atoms with van der Waals surface area (Å²) in [5.41, 5.74) is 2.14. The molecule has 1 aliphatic carbocycles. The molecular weight excluding hydrogens is 693 g/mol. The van der Waals surface area contributed by atoms with E-state index >= 15 is 4.39 Å². The number of pyridine rings is 1. The first-order valence-electron chi connectivity index (χ1n) is 17.9. The van der Waals surface area contributed by atoms with E-state index < -0.39 is 11.9 Å². The van der Waals surface area contributed by atoms with Gasteiger partial charge in [0.05, 0.1) is 37.4 Å². The van der Waals surface area contributed by atoms with Gasteiger partial charge in [0, 0.05) is 70.5 Å². The number of hydrogen-bond donors (Lipinski definition) is 0. The lowest BCUT2D eigenvalue weighted by Crippen LogP contribution is -2.50. The number of benzene rings is 1. The number of piperazine rings is 1. The average molecular weight is 734 g/mol. The number of hydrogen-bond acceptors (Lipinski definition) is 11. The van der Waals surface area contributed by atoms with E-state index in [-0.39, 0.29) is 34.6 Å². The lowest BCUT2D eigenvalue weighted by Gasteiger charge is -2.33. The van der Waals surface area contributed by atoms with Crippen molar-refractivity contribution in [2.45, 2.75) is 39.0 Å². The Hall–Kier alpha value is -4.60. The minimum atomic E-state index is -0.723. The van der Waals surface area contributed by atoms with Gasteiger partial charge in [-0.1, -0.05) is 41.9 Å². The third-order valence-corrected chi connectivity index (χ3v) is 10.6. The van der Waals surface area contributed by atoms with Crippen LogP contribution in [0.15, 0.2) is 42.6 Å². The van der Waals surface area contributed by atoms with Crippen LogP contribution < -0.4 is 9.64 Å². The quantitative estimate of drug-likeness (QED) is 0.231. The second-order valence-corrected chi connectivity index (χ2v) is 14.3. The Balaban J connectivity index is 0.948. The van der Waals surface area contributed by atoms with Crippen molar-refractivity contribution in [1.29, 1.82) is 0 Å². The van der Waals surface area contributed by atoms with Gasteiger partial charge in [-0.15, -0.1) is 0 Å². The monoisotopic (exact) mass is 733 g/mol. The van der Waals surface area contributed by atoms with Gasteiger partial charge in [-0.3, -0.25) is 14.4 Å². The highest BCUT2D eigenvalue weighted by Crippen LogP contribution is 2.46. The molecule has 3 aromatic heterocycles. The minimum Gasteiger partial charge on any atom is -0.463 e. The summed E-state index contributed by atoms with van der Waals surface area (Å²) in [4.78, 5) is 47.4. The third kappa shape index (κ3) is 7.48. The molecule has 4 aliphatic rings. The summed E-state index contributed by atoms with van der Waals surface area (Å²) in [5.74, 6) is -0.432. The van der Waals surface area contributed by atoms with Crippen LogP contribution in [0.3, 0.4) is 0 Å². The van der Waals surface area contributed by atoms with E-state index in [1.807, 2.05) is 39.9 Å². The van der Waals surface area contributed by atoms with Crippen LogP contribution >= 0.6 is 11.6 Å². The van der Waals surface area contributed by atoms with Gasteiger partial charge in [-0.2, -0.15) is 15.1 Å². The molecule has 1 aromatic carbocycles. The highest BCUT2D eigenvalue weighted by atomic mass is 35.5. The summed E-state index contributed by atoms with van der Waals surface area (Å²) in [6, 6.07) is 11.4. The van der Waals surface area contributed by atoms with Crippen LogP contribution in [0.1, 0.15) is 41.0 Å². The summed E-state index contributed by atoms with van der Waals surface area (Å²) in [5, 5.41) is 4.84. The summed E-state index contributed by atoms with van der Waals surface area (Å²) >= 11 is 6.11. The SMILES string of the molecule is O=C(OCc1ccccc1)N1CCN(C(=O)c2cc3n(n2)CCCN(c2nc(OCC4(CN5CCOCC5)CC4)nc4c(F)c(Cl)ncc24)C3)CC1. The maximum absolute atomic E-state index is 15.4. The molecule has 0 radical (unpaired) electrons. The Kier molecular flexibility index (Phi) is 9.81. The molecule has 0 unspecified atom stereocenters. The number of rotatable bonds is 9. The lowest BCUT2D eigenvalue weighted by molar-refractivity contribution is 0.0231. The van der Waals surface area contributed by atoms with Crippen LogP contribution in [-0.2, 0) is 29.2 Å². The third-order valence-electron chi connectivity index (χ3n) is 10.3. The molecule has 8 rings (SSSR count). The Morgan fingerprint density at radius 2 is 1.73 bits per heavy atom. The molecular formula is C36H41ClFN9O5. The number of anilines is 1. The zero-order chi connectivity index (χ0) is 35.7. The second-order valence-electron chi connectivity index (χ2n) is 14.0. The Bertz CT molecular complexity index is 1930. The smallest absolute Gasteiger partial charge is 0.410 e. The lowest BCUT2D eigenvalue weighted by atomic mass is 10.1. The molecule has 16 heteroatoms. The fourth-order valence-corrected chi connectivity index (χ4v) is 7.23. The number of amides is 2. The van der Waals surface area contributed by atoms with Crippen LogP contribution in [0.4, 0.5) is 15.0 Å². The Morgan fingerprint density at radius 1 is 0.962 bits per heavy atom. The molecule has 3 aliphatic heterocycles. The molecule has 2 saturated heterocycles. The van der Waals surface area contributed by atoms with Crippen LogP contribution in [0.2, 0.25) is 5.15 Å². The molecule has 2 amide bonds. The molecule has 52 heavy (non-hydrogen) atoms. The van der Waals surface area contributed by atoms with Crippen molar-refractivity contribution in [1.82, 2.24) is 39.4 Å². The van der Waals surface area contributed by atoms with Crippen molar-refractivity contribution in [2.75, 3.05) is 77.1 Å². The van der Waals surface area contributed by atoms with Gasteiger partial charge < -0.3 is 28.9 Å². The fraction of sp³-hybridized carbons (Fsp3) is 0.500. The van der Waals surface area contributed by atoms with Crippen molar-refractivity contribution >= 4 is 40.3 Å². The van der Waals surface area contributed by atoms with E-state index in [1.54, 1.807) is 15.9 Å². The molecule has 0 atom stereocenters. The van der Waals surface area contributed by atoms with Gasteiger partial charge in [-0.25, -0.2) is 14.2 Å². The van der Waals surface area contributed by atoms with Crippen LogP contribution in [0, 0.1) is 11.2 Å². The first kappa shape index (κ1) is 34.5. The van der Waals surface area contributed by atoms with Gasteiger partial charge in [0.1, 0.15) is 17.9 Å². The first-order valence-corrected chi connectivity index (χ1v) is 18.2. The summed E-state index contributed by atoms with van der Waals surface area (Å²) < 4.78 is 34.5. The van der Waals surface area contributed by atoms with Gasteiger partial charge in [0.2, 0.25) is 0 Å². The van der Waals surface area contributed by atoms with E-state index in [9.17, 15) is 9.59 Å². The fourth-order valence-electron chi connectivity index (χ4n) is 7.09. The molecule has 274 valence electrons. The first-order chi connectivity index (χ1) is 25.3. The normalized spacial score (nSPS) is 18.9. The number of halogens is 2. The van der Waals surface area contributed by atoms with Gasteiger partial charge in [0.25, 0.3) is 5.91 Å². The summed E-state index contributed by atoms with van der Waals surface area (Å²) in [6.07, 6.45) is 3.90. The molecule has 1 saturated carbocycles. The average Bonchev–Trinajstić information content (AvgIpc) is 3.88. The number of aromatic nitrogens is 5. The maximum atomic E-state index is 15.4. The number of fused-ring (bicyclic) bond motifs is 2. The number of nitrogens with zero attached hydrogens (tertiary/aromatic N) is 9. The Morgan fingerprint density at radius 3 is 2.50 bits per heavy atom. The van der Waals surface area contributed by atoms with Crippen molar-refractivity contribution < 1.29 is 28.2 Å². The molecule has 0 N–H and O–H groups in total. The van der Waals surface area contributed by atoms with E-state index in [1.165, 1.54) is 6.20 Å². The summed E-state index contributed by atoms with van der Waals surface area (Å²) in [7, 11) is 0. The van der Waals surface area contributed by atoms with Crippen molar-refractivity contribution in [3.8, 4) is 6.01 Å². The van der Waals surface area contributed by atoms with E-state index in [2.05, 4.69) is 20.0 Å². The molecule has 6 heterocycles. The predicted octanol–water partition coefficient (Wildman–Crippen LogP) is 4.01. The number of carbonyl (C=O) groups is 2. The second kappa shape index (κ2) is 14.8. The van der Waals surface area contributed by atoms with Gasteiger partial charge in [0.15, 0.2) is 16.7 Å². The molecule has 14 nitrogen and oxygen atoms in total. The maximum Gasteiger partial charge on any atom is 0.410 e. The largest absolute Gasteiger partial charge is 0.463 e. The van der Waals surface area contributed by atoms with Gasteiger partial charge in [-0.05, 0) is 30.9 Å².